The standard InChI is InChI=1S/C17H17F3N6OS/c1-2-11-10-13(27)26-15(22-11)28-16(23-26)25-8-6-24(7-9-25)14-12(17(18,19)20)4-3-5-21-14/h3-5,10H,2,6-9H2,1H3. The molecule has 11 heteroatoms. The third kappa shape index (κ3) is 3.41. The summed E-state index contributed by atoms with van der Waals surface area (Å²) in [4.78, 5) is 24.6. The summed E-state index contributed by atoms with van der Waals surface area (Å²) in [5, 5.41) is 4.97. The quantitative estimate of drug-likeness (QED) is 0.661. The van der Waals surface area contributed by atoms with Gasteiger partial charge in [-0.25, -0.2) is 9.97 Å². The van der Waals surface area contributed by atoms with Crippen molar-refractivity contribution in [1.29, 1.82) is 0 Å². The zero-order valence-corrected chi connectivity index (χ0v) is 15.8. The fraction of sp³-hybridized carbons (Fsp3) is 0.412. The van der Waals surface area contributed by atoms with Crippen LogP contribution in [0.2, 0.25) is 0 Å². The molecule has 1 fully saturated rings. The van der Waals surface area contributed by atoms with Gasteiger partial charge in [0, 0.05) is 44.1 Å². The Morgan fingerprint density at radius 3 is 2.57 bits per heavy atom. The van der Waals surface area contributed by atoms with Crippen molar-refractivity contribution in [3.05, 3.63) is 46.0 Å². The van der Waals surface area contributed by atoms with E-state index in [0.717, 1.165) is 6.07 Å². The van der Waals surface area contributed by atoms with Gasteiger partial charge in [0.1, 0.15) is 5.82 Å². The van der Waals surface area contributed by atoms with E-state index in [4.69, 9.17) is 0 Å². The molecule has 3 aromatic heterocycles. The maximum Gasteiger partial charge on any atom is 0.419 e. The Morgan fingerprint density at radius 1 is 1.18 bits per heavy atom. The number of hydrogen-bond donors (Lipinski definition) is 0. The Bertz CT molecular complexity index is 1050. The van der Waals surface area contributed by atoms with Gasteiger partial charge in [-0.1, -0.05) is 18.3 Å². The molecule has 0 bridgehead atoms. The second-order valence-corrected chi connectivity index (χ2v) is 7.30. The molecule has 0 saturated carbocycles. The SMILES string of the molecule is CCc1cc(=O)n2nc(N3CCN(c4ncccc4C(F)(F)F)CC3)sc2n1. The van der Waals surface area contributed by atoms with Gasteiger partial charge in [-0.05, 0) is 18.6 Å². The lowest BCUT2D eigenvalue weighted by Crippen LogP contribution is -2.47. The van der Waals surface area contributed by atoms with Gasteiger partial charge in [-0.3, -0.25) is 4.79 Å². The fourth-order valence-corrected chi connectivity index (χ4v) is 4.11. The maximum absolute atomic E-state index is 13.2. The van der Waals surface area contributed by atoms with Crippen LogP contribution in [0.25, 0.3) is 4.96 Å². The summed E-state index contributed by atoms with van der Waals surface area (Å²) < 4.78 is 41.0. The van der Waals surface area contributed by atoms with Gasteiger partial charge in [0.05, 0.1) is 5.56 Å². The van der Waals surface area contributed by atoms with Crippen LogP contribution in [0.3, 0.4) is 0 Å². The lowest BCUT2D eigenvalue weighted by molar-refractivity contribution is -0.137. The summed E-state index contributed by atoms with van der Waals surface area (Å²) in [6.45, 7) is 3.62. The molecule has 1 saturated heterocycles. The lowest BCUT2D eigenvalue weighted by atomic mass is 10.2. The largest absolute Gasteiger partial charge is 0.419 e. The molecule has 4 rings (SSSR count). The number of hydrogen-bond acceptors (Lipinski definition) is 7. The van der Waals surface area contributed by atoms with E-state index in [1.807, 2.05) is 11.8 Å². The van der Waals surface area contributed by atoms with Crippen molar-refractivity contribution in [2.75, 3.05) is 36.0 Å². The number of halogens is 3. The summed E-state index contributed by atoms with van der Waals surface area (Å²) in [6.07, 6.45) is -2.42. The number of anilines is 2. The topological polar surface area (TPSA) is 66.6 Å². The predicted octanol–water partition coefficient (Wildman–Crippen LogP) is 2.45. The van der Waals surface area contributed by atoms with E-state index in [0.29, 0.717) is 48.4 Å². The van der Waals surface area contributed by atoms with Crippen molar-refractivity contribution in [3.63, 3.8) is 0 Å². The van der Waals surface area contributed by atoms with Gasteiger partial charge in [0.25, 0.3) is 5.56 Å². The highest BCUT2D eigenvalue weighted by atomic mass is 32.1. The van der Waals surface area contributed by atoms with E-state index in [9.17, 15) is 18.0 Å². The molecule has 1 aliphatic heterocycles. The van der Waals surface area contributed by atoms with Crippen LogP contribution < -0.4 is 15.4 Å². The van der Waals surface area contributed by atoms with Crippen LogP contribution >= 0.6 is 11.3 Å². The van der Waals surface area contributed by atoms with Gasteiger partial charge in [0.2, 0.25) is 10.1 Å². The summed E-state index contributed by atoms with van der Waals surface area (Å²) >= 11 is 1.30. The van der Waals surface area contributed by atoms with Gasteiger partial charge >= 0.3 is 6.18 Å². The zero-order valence-electron chi connectivity index (χ0n) is 15.0. The zero-order chi connectivity index (χ0) is 19.9. The van der Waals surface area contributed by atoms with Gasteiger partial charge in [0.15, 0.2) is 0 Å². The molecule has 28 heavy (non-hydrogen) atoms. The Labute approximate surface area is 162 Å². The van der Waals surface area contributed by atoms with E-state index in [1.165, 1.54) is 34.2 Å². The number of fused-ring (bicyclic) bond motifs is 1. The van der Waals surface area contributed by atoms with Crippen LogP contribution in [0, 0.1) is 0 Å². The van der Waals surface area contributed by atoms with Gasteiger partial charge < -0.3 is 9.80 Å². The second kappa shape index (κ2) is 7.04. The normalized spacial score (nSPS) is 15.4. The summed E-state index contributed by atoms with van der Waals surface area (Å²) in [7, 11) is 0. The first-order valence-electron chi connectivity index (χ1n) is 8.78. The monoisotopic (exact) mass is 410 g/mol. The molecule has 0 aromatic carbocycles. The average Bonchev–Trinajstić information content (AvgIpc) is 3.12. The van der Waals surface area contributed by atoms with Gasteiger partial charge in [-0.2, -0.15) is 17.7 Å². The Kier molecular flexibility index (Phi) is 4.69. The molecule has 1 aliphatic rings. The van der Waals surface area contributed by atoms with E-state index in [1.54, 1.807) is 4.90 Å². The van der Waals surface area contributed by atoms with Crippen molar-refractivity contribution in [3.8, 4) is 0 Å². The number of alkyl halides is 3. The summed E-state index contributed by atoms with van der Waals surface area (Å²) in [5.74, 6) is -0.0515. The number of nitrogens with zero attached hydrogens (tertiary/aromatic N) is 6. The maximum atomic E-state index is 13.2. The molecule has 0 radical (unpaired) electrons. The number of piperazine rings is 1. The highest BCUT2D eigenvalue weighted by molar-refractivity contribution is 7.20. The van der Waals surface area contributed by atoms with E-state index >= 15 is 0 Å². The first-order chi connectivity index (χ1) is 13.4. The molecule has 148 valence electrons. The van der Waals surface area contributed by atoms with E-state index in [2.05, 4.69) is 15.1 Å². The van der Waals surface area contributed by atoms with Crippen LogP contribution in [0.1, 0.15) is 18.2 Å². The molecule has 0 aliphatic carbocycles. The Hall–Kier alpha value is -2.69. The minimum absolute atomic E-state index is 0.0515. The molecule has 0 spiro atoms. The van der Waals surface area contributed by atoms with Crippen molar-refractivity contribution in [2.45, 2.75) is 19.5 Å². The van der Waals surface area contributed by atoms with Crippen LogP contribution in [-0.4, -0.2) is 45.8 Å². The molecule has 3 aromatic rings. The van der Waals surface area contributed by atoms with Crippen LogP contribution in [0.5, 0.6) is 0 Å². The van der Waals surface area contributed by atoms with Gasteiger partial charge in [-0.15, -0.1) is 5.10 Å². The summed E-state index contributed by atoms with van der Waals surface area (Å²) in [5.41, 5.74) is -0.252. The van der Waals surface area contributed by atoms with Crippen LogP contribution in [0.15, 0.2) is 29.2 Å². The number of pyridine rings is 1. The first-order valence-corrected chi connectivity index (χ1v) is 9.60. The number of aryl methyl sites for hydroxylation is 1. The minimum Gasteiger partial charge on any atom is -0.353 e. The fourth-order valence-electron chi connectivity index (χ4n) is 3.13. The van der Waals surface area contributed by atoms with Crippen molar-refractivity contribution >= 4 is 27.2 Å². The second-order valence-electron chi connectivity index (χ2n) is 6.36. The number of aromatic nitrogens is 4. The van der Waals surface area contributed by atoms with Crippen molar-refractivity contribution in [1.82, 2.24) is 19.6 Å². The third-order valence-corrected chi connectivity index (χ3v) is 5.56. The predicted molar refractivity (Wildman–Crippen MR) is 100 cm³/mol. The minimum atomic E-state index is -4.45. The Morgan fingerprint density at radius 2 is 1.89 bits per heavy atom. The van der Waals surface area contributed by atoms with Crippen LogP contribution in [0.4, 0.5) is 24.1 Å². The average molecular weight is 410 g/mol. The molecule has 4 heterocycles. The third-order valence-electron chi connectivity index (χ3n) is 4.59. The van der Waals surface area contributed by atoms with E-state index < -0.39 is 11.7 Å². The van der Waals surface area contributed by atoms with Crippen molar-refractivity contribution < 1.29 is 13.2 Å². The molecule has 0 amide bonds. The highest BCUT2D eigenvalue weighted by Crippen LogP contribution is 2.35. The summed E-state index contributed by atoms with van der Waals surface area (Å²) in [6, 6.07) is 3.80. The van der Waals surface area contributed by atoms with Crippen molar-refractivity contribution in [2.24, 2.45) is 0 Å². The Balaban J connectivity index is 1.55. The highest BCUT2D eigenvalue weighted by Gasteiger charge is 2.36. The first kappa shape index (κ1) is 18.7. The van der Waals surface area contributed by atoms with Crippen LogP contribution in [-0.2, 0) is 12.6 Å². The molecular formula is C17H17F3N6OS. The molecule has 7 nitrogen and oxygen atoms in total. The number of rotatable bonds is 3. The van der Waals surface area contributed by atoms with E-state index in [-0.39, 0.29) is 11.4 Å². The molecular weight excluding hydrogens is 393 g/mol. The smallest absolute Gasteiger partial charge is 0.353 e. The molecule has 0 atom stereocenters. The molecule has 0 N–H and O–H groups in total. The lowest BCUT2D eigenvalue weighted by Gasteiger charge is -2.35. The molecule has 0 unspecified atom stereocenters.